The fraction of sp³-hybridized carbons (Fsp3) is 0.308. The van der Waals surface area contributed by atoms with E-state index in [4.69, 9.17) is 5.73 Å². The van der Waals surface area contributed by atoms with Gasteiger partial charge in [0.1, 0.15) is 10.7 Å². The Labute approximate surface area is 107 Å². The van der Waals surface area contributed by atoms with Crippen LogP contribution in [0.15, 0.2) is 24.3 Å². The normalized spacial score (nSPS) is 15.3. The number of nitrogens with two attached hydrogens (primary N) is 1. The van der Waals surface area contributed by atoms with Gasteiger partial charge in [0.2, 0.25) is 0 Å². The van der Waals surface area contributed by atoms with Crippen molar-refractivity contribution in [3.05, 3.63) is 34.8 Å². The second-order valence-corrected chi connectivity index (χ2v) is 5.53. The molecule has 5 heteroatoms. The van der Waals surface area contributed by atoms with E-state index in [0.717, 1.165) is 17.8 Å². The summed E-state index contributed by atoms with van der Waals surface area (Å²) in [6.45, 7) is 0. The van der Waals surface area contributed by atoms with Crippen molar-refractivity contribution in [3.8, 4) is 11.3 Å². The second-order valence-electron chi connectivity index (χ2n) is 4.47. The molecule has 1 fully saturated rings. The number of hydrogen-bond donors (Lipinski definition) is 1. The summed E-state index contributed by atoms with van der Waals surface area (Å²) in [6.07, 6.45) is -0.153. The Kier molecular flexibility index (Phi) is 2.78. The molecule has 94 valence electrons. The highest BCUT2D eigenvalue weighted by atomic mass is 32.1. The fourth-order valence-electron chi connectivity index (χ4n) is 1.88. The number of nitrogen functional groups attached to an aromatic ring is 1. The first-order valence-electron chi connectivity index (χ1n) is 5.80. The van der Waals surface area contributed by atoms with Crippen LogP contribution in [0, 0.1) is 0 Å². The van der Waals surface area contributed by atoms with Gasteiger partial charge in [0.05, 0.1) is 5.01 Å². The molecule has 1 aliphatic carbocycles. The van der Waals surface area contributed by atoms with Crippen molar-refractivity contribution in [2.75, 3.05) is 5.73 Å². The molecule has 0 atom stereocenters. The predicted molar refractivity (Wildman–Crippen MR) is 68.9 cm³/mol. The molecule has 0 radical (unpaired) electrons. The zero-order chi connectivity index (χ0) is 12.7. The maximum absolute atomic E-state index is 12.7. The molecule has 0 spiro atoms. The number of rotatable bonds is 3. The molecular formula is C13H12F2N2S. The lowest BCUT2D eigenvalue weighted by molar-refractivity contribution is 0.151. The molecule has 1 heterocycles. The summed E-state index contributed by atoms with van der Waals surface area (Å²) in [5, 5.41) is 1.65. The summed E-state index contributed by atoms with van der Waals surface area (Å²) in [7, 11) is 0. The van der Waals surface area contributed by atoms with Gasteiger partial charge in [0.15, 0.2) is 0 Å². The topological polar surface area (TPSA) is 38.9 Å². The number of aromatic nitrogens is 1. The molecule has 1 saturated carbocycles. The van der Waals surface area contributed by atoms with E-state index in [1.54, 1.807) is 12.1 Å². The summed E-state index contributed by atoms with van der Waals surface area (Å²) < 4.78 is 25.3. The average Bonchev–Trinajstić information content (AvgIpc) is 3.13. The van der Waals surface area contributed by atoms with Crippen LogP contribution in [-0.4, -0.2) is 4.98 Å². The van der Waals surface area contributed by atoms with Crippen molar-refractivity contribution >= 4 is 16.3 Å². The molecule has 2 N–H and O–H groups in total. The van der Waals surface area contributed by atoms with Crippen molar-refractivity contribution in [1.29, 1.82) is 0 Å². The van der Waals surface area contributed by atoms with Crippen LogP contribution < -0.4 is 5.73 Å². The molecule has 3 rings (SSSR count). The Bertz CT molecular complexity index is 576. The van der Waals surface area contributed by atoms with Gasteiger partial charge >= 0.3 is 0 Å². The summed E-state index contributed by atoms with van der Waals surface area (Å²) in [4.78, 5) is 4.49. The molecule has 2 nitrogen and oxygen atoms in total. The van der Waals surface area contributed by atoms with Crippen LogP contribution in [0.3, 0.4) is 0 Å². The summed E-state index contributed by atoms with van der Waals surface area (Å²) in [5.41, 5.74) is 7.26. The third-order valence-corrected chi connectivity index (χ3v) is 4.06. The Morgan fingerprint density at radius 2 is 2.11 bits per heavy atom. The summed E-state index contributed by atoms with van der Waals surface area (Å²) >= 11 is 1.47. The largest absolute Gasteiger partial charge is 0.389 e. The lowest BCUT2D eigenvalue weighted by Gasteiger charge is -2.02. The minimum absolute atomic E-state index is 0.00729. The molecular weight excluding hydrogens is 254 g/mol. The Balaban J connectivity index is 2.00. The fourth-order valence-corrected chi connectivity index (χ4v) is 2.91. The number of thiazole rings is 1. The molecule has 0 aliphatic heterocycles. The number of nitrogens with zero attached hydrogens (tertiary/aromatic N) is 1. The van der Waals surface area contributed by atoms with Gasteiger partial charge in [-0.15, -0.1) is 11.3 Å². The van der Waals surface area contributed by atoms with Gasteiger partial charge in [-0.2, -0.15) is 0 Å². The number of benzene rings is 1. The van der Waals surface area contributed by atoms with Gasteiger partial charge in [-0.25, -0.2) is 13.8 Å². The minimum atomic E-state index is -2.47. The number of halogens is 2. The molecule has 0 saturated heterocycles. The molecule has 2 aromatic rings. The molecule has 1 aromatic heterocycles. The van der Waals surface area contributed by atoms with Crippen molar-refractivity contribution in [2.45, 2.75) is 25.2 Å². The predicted octanol–water partition coefficient (Wildman–Crippen LogP) is 4.21. The highest BCUT2D eigenvalue weighted by Gasteiger charge is 2.28. The lowest BCUT2D eigenvalue weighted by atomic mass is 10.1. The van der Waals surface area contributed by atoms with Crippen LogP contribution in [0.25, 0.3) is 11.3 Å². The minimum Gasteiger partial charge on any atom is -0.389 e. The zero-order valence-corrected chi connectivity index (χ0v) is 10.4. The Morgan fingerprint density at radius 3 is 2.78 bits per heavy atom. The average molecular weight is 266 g/mol. The first kappa shape index (κ1) is 11.6. The van der Waals surface area contributed by atoms with E-state index in [0.29, 0.717) is 22.2 Å². The van der Waals surface area contributed by atoms with E-state index >= 15 is 0 Å². The van der Waals surface area contributed by atoms with Crippen molar-refractivity contribution in [2.24, 2.45) is 0 Å². The first-order chi connectivity index (χ1) is 8.65. The standard InChI is InChI=1S/C13H12F2N2S/c14-11(15)9-3-1-2-8(6-9)10-12(16)18-13(17-10)7-4-5-7/h1-3,6-7,11H,4-5,16H2. The molecule has 18 heavy (non-hydrogen) atoms. The van der Waals surface area contributed by atoms with Gasteiger partial charge in [-0.3, -0.25) is 0 Å². The highest BCUT2D eigenvalue weighted by molar-refractivity contribution is 7.16. The quantitative estimate of drug-likeness (QED) is 0.903. The SMILES string of the molecule is Nc1sc(C2CC2)nc1-c1cccc(C(F)F)c1. The van der Waals surface area contributed by atoms with Crippen LogP contribution in [0.2, 0.25) is 0 Å². The molecule has 1 aliphatic rings. The third kappa shape index (κ3) is 2.10. The van der Waals surface area contributed by atoms with Crippen molar-refractivity contribution < 1.29 is 8.78 Å². The zero-order valence-electron chi connectivity index (χ0n) is 9.57. The lowest BCUT2D eigenvalue weighted by Crippen LogP contribution is -1.89. The van der Waals surface area contributed by atoms with Crippen LogP contribution in [0.5, 0.6) is 0 Å². The molecule has 0 unspecified atom stereocenters. The molecule has 0 amide bonds. The number of anilines is 1. The third-order valence-electron chi connectivity index (χ3n) is 3.01. The number of alkyl halides is 2. The van der Waals surface area contributed by atoms with Gasteiger partial charge < -0.3 is 5.73 Å². The smallest absolute Gasteiger partial charge is 0.263 e. The maximum Gasteiger partial charge on any atom is 0.263 e. The van der Waals surface area contributed by atoms with Gasteiger partial charge in [0.25, 0.3) is 6.43 Å². The van der Waals surface area contributed by atoms with E-state index in [-0.39, 0.29) is 5.56 Å². The van der Waals surface area contributed by atoms with E-state index in [1.165, 1.54) is 23.5 Å². The van der Waals surface area contributed by atoms with Gasteiger partial charge in [-0.1, -0.05) is 18.2 Å². The van der Waals surface area contributed by atoms with Crippen molar-refractivity contribution in [3.63, 3.8) is 0 Å². The number of hydrogen-bond acceptors (Lipinski definition) is 3. The Morgan fingerprint density at radius 1 is 1.33 bits per heavy atom. The van der Waals surface area contributed by atoms with Gasteiger partial charge in [-0.05, 0) is 18.9 Å². The highest BCUT2D eigenvalue weighted by Crippen LogP contribution is 2.45. The van der Waals surface area contributed by atoms with Crippen LogP contribution >= 0.6 is 11.3 Å². The molecule has 0 bridgehead atoms. The molecule has 1 aromatic carbocycles. The maximum atomic E-state index is 12.7. The van der Waals surface area contributed by atoms with E-state index in [1.807, 2.05) is 0 Å². The van der Waals surface area contributed by atoms with Crippen LogP contribution in [0.1, 0.15) is 35.8 Å². The van der Waals surface area contributed by atoms with Crippen molar-refractivity contribution in [1.82, 2.24) is 4.98 Å². The van der Waals surface area contributed by atoms with E-state index in [2.05, 4.69) is 4.98 Å². The first-order valence-corrected chi connectivity index (χ1v) is 6.61. The van der Waals surface area contributed by atoms with E-state index < -0.39 is 6.43 Å². The second kappa shape index (κ2) is 4.31. The monoisotopic (exact) mass is 266 g/mol. The van der Waals surface area contributed by atoms with Crippen LogP contribution in [0.4, 0.5) is 13.8 Å². The summed E-state index contributed by atoms with van der Waals surface area (Å²) in [6, 6.07) is 6.27. The van der Waals surface area contributed by atoms with Crippen LogP contribution in [-0.2, 0) is 0 Å². The van der Waals surface area contributed by atoms with Gasteiger partial charge in [0, 0.05) is 17.0 Å². The summed E-state index contributed by atoms with van der Waals surface area (Å²) in [5.74, 6) is 0.532. The Hall–Kier alpha value is -1.49. The van der Waals surface area contributed by atoms with E-state index in [9.17, 15) is 8.78 Å².